The van der Waals surface area contributed by atoms with Crippen molar-refractivity contribution in [1.29, 1.82) is 0 Å². The number of ether oxygens (including phenoxy) is 1. The van der Waals surface area contributed by atoms with Gasteiger partial charge in [0.05, 0.1) is 22.9 Å². The van der Waals surface area contributed by atoms with Gasteiger partial charge in [0.2, 0.25) is 0 Å². The van der Waals surface area contributed by atoms with Gasteiger partial charge in [-0.3, -0.25) is 9.69 Å². The predicted octanol–water partition coefficient (Wildman–Crippen LogP) is 4.77. The normalized spacial score (nSPS) is 15.4. The Labute approximate surface area is 179 Å². The van der Waals surface area contributed by atoms with Crippen LogP contribution in [0.15, 0.2) is 65.7 Å². The minimum Gasteiger partial charge on any atom is -0.494 e. The van der Waals surface area contributed by atoms with Gasteiger partial charge in [-0.2, -0.15) is 5.10 Å². The first-order chi connectivity index (χ1) is 14.1. The Morgan fingerprint density at radius 3 is 2.48 bits per heavy atom. The fourth-order valence-electron chi connectivity index (χ4n) is 2.99. The van der Waals surface area contributed by atoms with Crippen molar-refractivity contribution in [2.75, 3.05) is 13.7 Å². The number of nitrogens with zero attached hydrogens (tertiary/aromatic N) is 3. The van der Waals surface area contributed by atoms with Crippen LogP contribution in [0, 0.1) is 0 Å². The maximum Gasteiger partial charge on any atom is 0.265 e. The lowest BCUT2D eigenvalue weighted by Crippen LogP contribution is -2.22. The van der Waals surface area contributed by atoms with E-state index in [1.54, 1.807) is 7.05 Å². The molecular formula is C22H19N3O2S2. The van der Waals surface area contributed by atoms with Crippen molar-refractivity contribution < 1.29 is 9.53 Å². The predicted molar refractivity (Wildman–Crippen MR) is 121 cm³/mol. The van der Waals surface area contributed by atoms with Gasteiger partial charge in [0.25, 0.3) is 5.91 Å². The summed E-state index contributed by atoms with van der Waals surface area (Å²) in [5.41, 5.74) is 3.54. The summed E-state index contributed by atoms with van der Waals surface area (Å²) in [5, 5.41) is 4.80. The van der Waals surface area contributed by atoms with Crippen molar-refractivity contribution in [2.24, 2.45) is 0 Å². The van der Waals surface area contributed by atoms with E-state index in [1.165, 1.54) is 16.7 Å². The van der Waals surface area contributed by atoms with Crippen LogP contribution in [-0.2, 0) is 4.79 Å². The summed E-state index contributed by atoms with van der Waals surface area (Å²) in [6.07, 6.45) is 3.80. The van der Waals surface area contributed by atoms with Gasteiger partial charge < -0.3 is 4.74 Å². The summed E-state index contributed by atoms with van der Waals surface area (Å²) in [7, 11) is 1.69. The van der Waals surface area contributed by atoms with Crippen LogP contribution < -0.4 is 4.74 Å². The van der Waals surface area contributed by atoms with E-state index < -0.39 is 0 Å². The topological polar surface area (TPSA) is 47.4 Å². The molecule has 2 aromatic carbocycles. The molecule has 1 aliphatic heterocycles. The van der Waals surface area contributed by atoms with Gasteiger partial charge in [0.1, 0.15) is 10.1 Å². The fourth-order valence-corrected chi connectivity index (χ4v) is 4.16. The van der Waals surface area contributed by atoms with Crippen LogP contribution in [0.1, 0.15) is 12.5 Å². The zero-order valence-electron chi connectivity index (χ0n) is 16.0. The lowest BCUT2D eigenvalue weighted by Gasteiger charge is -2.05. The average Bonchev–Trinajstić information content (AvgIpc) is 3.27. The van der Waals surface area contributed by atoms with Crippen LogP contribution in [0.3, 0.4) is 0 Å². The molecule has 0 bridgehead atoms. The van der Waals surface area contributed by atoms with E-state index in [0.717, 1.165) is 28.3 Å². The number of hydrogen-bond donors (Lipinski definition) is 0. The number of thioether (sulfide) groups is 1. The lowest BCUT2D eigenvalue weighted by atomic mass is 10.1. The maximum absolute atomic E-state index is 12.5. The van der Waals surface area contributed by atoms with E-state index in [1.807, 2.05) is 78.5 Å². The largest absolute Gasteiger partial charge is 0.494 e. The summed E-state index contributed by atoms with van der Waals surface area (Å²) in [5.74, 6) is 0.720. The highest BCUT2D eigenvalue weighted by Gasteiger charge is 2.29. The number of hydrogen-bond acceptors (Lipinski definition) is 5. The molecule has 1 fully saturated rings. The van der Waals surface area contributed by atoms with Crippen LogP contribution in [0.4, 0.5) is 0 Å². The molecule has 4 rings (SSSR count). The summed E-state index contributed by atoms with van der Waals surface area (Å²) in [4.78, 5) is 14.6. The van der Waals surface area contributed by atoms with Crippen molar-refractivity contribution >= 4 is 40.3 Å². The molecule has 1 aliphatic rings. The molecule has 1 aromatic heterocycles. The van der Waals surface area contributed by atoms with Gasteiger partial charge in [-0.15, -0.1) is 0 Å². The summed E-state index contributed by atoms with van der Waals surface area (Å²) >= 11 is 6.56. The van der Waals surface area contributed by atoms with Gasteiger partial charge in [-0.05, 0) is 49.4 Å². The van der Waals surface area contributed by atoms with Crippen molar-refractivity contribution in [1.82, 2.24) is 14.7 Å². The van der Waals surface area contributed by atoms with Crippen LogP contribution in [0.25, 0.3) is 23.0 Å². The Kier molecular flexibility index (Phi) is 5.51. The first-order valence-corrected chi connectivity index (χ1v) is 10.4. The van der Waals surface area contributed by atoms with Crippen LogP contribution in [-0.4, -0.2) is 38.6 Å². The Morgan fingerprint density at radius 2 is 1.86 bits per heavy atom. The molecule has 2 heterocycles. The fraction of sp³-hybridized carbons (Fsp3) is 0.136. The molecule has 0 aliphatic carbocycles. The summed E-state index contributed by atoms with van der Waals surface area (Å²) < 4.78 is 7.92. The SMILES string of the molecule is CCOc1ccc(-c2nn(-c3ccccc3)cc2C=C2SC(=S)N(C)C2=O)cc1. The molecule has 0 radical (unpaired) electrons. The first kappa shape index (κ1) is 19.4. The molecule has 1 amide bonds. The molecular weight excluding hydrogens is 402 g/mol. The van der Waals surface area contributed by atoms with E-state index in [-0.39, 0.29) is 5.91 Å². The Bertz CT molecular complexity index is 1090. The number of aromatic nitrogens is 2. The third-order valence-electron chi connectivity index (χ3n) is 4.48. The molecule has 3 aromatic rings. The second kappa shape index (κ2) is 8.23. The van der Waals surface area contributed by atoms with Crippen molar-refractivity contribution in [3.8, 4) is 22.7 Å². The van der Waals surface area contributed by atoms with Gasteiger partial charge >= 0.3 is 0 Å². The highest BCUT2D eigenvalue weighted by molar-refractivity contribution is 8.26. The number of para-hydroxylation sites is 1. The van der Waals surface area contributed by atoms with Crippen LogP contribution in [0.5, 0.6) is 5.75 Å². The van der Waals surface area contributed by atoms with E-state index in [9.17, 15) is 4.79 Å². The van der Waals surface area contributed by atoms with Gasteiger partial charge in [-0.25, -0.2) is 4.68 Å². The molecule has 0 unspecified atom stereocenters. The molecule has 29 heavy (non-hydrogen) atoms. The monoisotopic (exact) mass is 421 g/mol. The molecule has 0 N–H and O–H groups in total. The minimum atomic E-state index is -0.0925. The second-order valence-electron chi connectivity index (χ2n) is 6.41. The third-order valence-corrected chi connectivity index (χ3v) is 5.96. The van der Waals surface area contributed by atoms with Gasteiger partial charge in [0.15, 0.2) is 0 Å². The van der Waals surface area contributed by atoms with Gasteiger partial charge in [0, 0.05) is 24.4 Å². The van der Waals surface area contributed by atoms with Crippen LogP contribution in [0.2, 0.25) is 0 Å². The number of likely N-dealkylation sites (N-methyl/N-ethyl adjacent to an activating group) is 1. The maximum atomic E-state index is 12.5. The molecule has 1 saturated heterocycles. The van der Waals surface area contributed by atoms with Crippen molar-refractivity contribution in [3.63, 3.8) is 0 Å². The van der Waals surface area contributed by atoms with E-state index >= 15 is 0 Å². The number of benzene rings is 2. The Morgan fingerprint density at radius 1 is 1.14 bits per heavy atom. The third kappa shape index (κ3) is 3.97. The molecule has 146 valence electrons. The average molecular weight is 422 g/mol. The molecule has 5 nitrogen and oxygen atoms in total. The zero-order valence-corrected chi connectivity index (χ0v) is 17.7. The second-order valence-corrected chi connectivity index (χ2v) is 8.09. The lowest BCUT2D eigenvalue weighted by molar-refractivity contribution is -0.121. The Hall–Kier alpha value is -2.90. The number of carbonyl (C=O) groups excluding carboxylic acids is 1. The van der Waals surface area contributed by atoms with Gasteiger partial charge in [-0.1, -0.05) is 42.2 Å². The number of carbonyl (C=O) groups is 1. The number of rotatable bonds is 5. The van der Waals surface area contributed by atoms with E-state index in [0.29, 0.717) is 15.8 Å². The molecule has 0 spiro atoms. The summed E-state index contributed by atoms with van der Waals surface area (Å²) in [6.45, 7) is 2.57. The quantitative estimate of drug-likeness (QED) is 0.439. The number of thiocarbonyl (C=S) groups is 1. The highest BCUT2D eigenvalue weighted by Crippen LogP contribution is 2.34. The van der Waals surface area contributed by atoms with Crippen molar-refractivity contribution in [3.05, 3.63) is 71.3 Å². The van der Waals surface area contributed by atoms with Crippen molar-refractivity contribution in [2.45, 2.75) is 6.92 Å². The number of amides is 1. The smallest absolute Gasteiger partial charge is 0.265 e. The Balaban J connectivity index is 1.79. The first-order valence-electron chi connectivity index (χ1n) is 9.16. The highest BCUT2D eigenvalue weighted by atomic mass is 32.2. The molecule has 7 heteroatoms. The summed E-state index contributed by atoms with van der Waals surface area (Å²) in [6, 6.07) is 17.7. The zero-order chi connectivity index (χ0) is 20.4. The van der Waals surface area contributed by atoms with E-state index in [2.05, 4.69) is 0 Å². The van der Waals surface area contributed by atoms with Crippen LogP contribution >= 0.6 is 24.0 Å². The molecule has 0 atom stereocenters. The standard InChI is InChI=1S/C22H19N3O2S2/c1-3-27-18-11-9-15(10-12-18)20-16(13-19-21(26)24(2)22(28)29-19)14-25(23-20)17-7-5-4-6-8-17/h4-14H,3H2,1-2H3. The molecule has 0 saturated carbocycles. The van der Waals surface area contributed by atoms with E-state index in [4.69, 9.17) is 22.1 Å². The minimum absolute atomic E-state index is 0.0925.